The minimum absolute atomic E-state index is 0.591. The number of pyridine rings is 1. The second kappa shape index (κ2) is 5.94. The third-order valence-corrected chi connectivity index (χ3v) is 3.21. The highest BCUT2D eigenvalue weighted by Gasteiger charge is 2.16. The summed E-state index contributed by atoms with van der Waals surface area (Å²) < 4.78 is 7.65. The van der Waals surface area contributed by atoms with E-state index in [2.05, 4.69) is 23.9 Å². The van der Waals surface area contributed by atoms with Crippen molar-refractivity contribution in [2.24, 2.45) is 7.05 Å². The summed E-state index contributed by atoms with van der Waals surface area (Å²) in [5.41, 5.74) is 9.56. The molecular formula is C15H22N4O. The van der Waals surface area contributed by atoms with E-state index in [0.29, 0.717) is 11.6 Å². The molecule has 20 heavy (non-hydrogen) atoms. The number of nitrogens with two attached hydrogens (primary N) is 1. The highest BCUT2D eigenvalue weighted by Crippen LogP contribution is 2.31. The summed E-state index contributed by atoms with van der Waals surface area (Å²) in [6, 6.07) is 3.88. The molecule has 0 atom stereocenters. The molecule has 0 spiro atoms. The van der Waals surface area contributed by atoms with E-state index in [1.165, 1.54) is 0 Å². The molecule has 0 radical (unpaired) electrons. The van der Waals surface area contributed by atoms with Gasteiger partial charge in [0.05, 0.1) is 11.4 Å². The van der Waals surface area contributed by atoms with E-state index < -0.39 is 0 Å². The van der Waals surface area contributed by atoms with Crippen molar-refractivity contribution in [2.75, 3.05) is 5.73 Å². The Labute approximate surface area is 119 Å². The maximum atomic E-state index is 6.13. The van der Waals surface area contributed by atoms with Gasteiger partial charge in [0.2, 0.25) is 5.88 Å². The Bertz CT molecular complexity index is 604. The number of aromatic nitrogens is 3. The second-order valence-corrected chi connectivity index (χ2v) is 4.89. The van der Waals surface area contributed by atoms with Crippen molar-refractivity contribution in [3.8, 4) is 11.6 Å². The maximum absolute atomic E-state index is 6.13. The van der Waals surface area contributed by atoms with Crippen LogP contribution in [0, 0.1) is 6.92 Å². The van der Waals surface area contributed by atoms with Crippen LogP contribution in [0.3, 0.4) is 0 Å². The number of rotatable bonds is 5. The Morgan fingerprint density at radius 3 is 2.65 bits per heavy atom. The van der Waals surface area contributed by atoms with Crippen LogP contribution < -0.4 is 10.5 Å². The maximum Gasteiger partial charge on any atom is 0.241 e. The lowest BCUT2D eigenvalue weighted by molar-refractivity contribution is 0.425. The summed E-state index contributed by atoms with van der Waals surface area (Å²) in [6.45, 7) is 6.14. The fourth-order valence-electron chi connectivity index (χ4n) is 2.17. The zero-order valence-corrected chi connectivity index (χ0v) is 12.6. The molecule has 0 amide bonds. The molecule has 0 fully saturated rings. The SMILES string of the molecule is CCCc1nn(C)c(Oc2ccc(C)nc2CC)c1N. The van der Waals surface area contributed by atoms with Gasteiger partial charge in [0.15, 0.2) is 5.75 Å². The van der Waals surface area contributed by atoms with E-state index in [0.717, 1.165) is 42.1 Å². The first kappa shape index (κ1) is 14.4. The van der Waals surface area contributed by atoms with Crippen molar-refractivity contribution in [3.05, 3.63) is 29.2 Å². The van der Waals surface area contributed by atoms with Crippen LogP contribution >= 0.6 is 0 Å². The first-order valence-electron chi connectivity index (χ1n) is 7.02. The minimum atomic E-state index is 0.591. The smallest absolute Gasteiger partial charge is 0.241 e. The molecule has 108 valence electrons. The number of nitrogens with zero attached hydrogens (tertiary/aromatic N) is 3. The van der Waals surface area contributed by atoms with Crippen LogP contribution in [-0.2, 0) is 19.9 Å². The summed E-state index contributed by atoms with van der Waals surface area (Å²) in [7, 11) is 1.85. The summed E-state index contributed by atoms with van der Waals surface area (Å²) in [5, 5.41) is 4.42. The van der Waals surface area contributed by atoms with E-state index in [4.69, 9.17) is 10.5 Å². The van der Waals surface area contributed by atoms with Crippen LogP contribution in [0.25, 0.3) is 0 Å². The van der Waals surface area contributed by atoms with Crippen LogP contribution in [0.2, 0.25) is 0 Å². The van der Waals surface area contributed by atoms with Crippen LogP contribution in [0.5, 0.6) is 11.6 Å². The molecule has 0 bridgehead atoms. The van der Waals surface area contributed by atoms with Crippen LogP contribution in [0.4, 0.5) is 5.69 Å². The van der Waals surface area contributed by atoms with Gasteiger partial charge in [-0.05, 0) is 31.9 Å². The molecule has 0 saturated heterocycles. The molecule has 0 saturated carbocycles. The van der Waals surface area contributed by atoms with Crippen molar-refractivity contribution in [3.63, 3.8) is 0 Å². The fourth-order valence-corrected chi connectivity index (χ4v) is 2.17. The highest BCUT2D eigenvalue weighted by atomic mass is 16.5. The standard InChI is InChI=1S/C15H22N4O/c1-5-7-12-14(16)15(19(4)18-12)20-13-9-8-10(3)17-11(13)6-2/h8-9H,5-7,16H2,1-4H3. The first-order valence-corrected chi connectivity index (χ1v) is 7.02. The molecule has 2 heterocycles. The largest absolute Gasteiger partial charge is 0.435 e. The Morgan fingerprint density at radius 1 is 1.25 bits per heavy atom. The number of hydrogen-bond donors (Lipinski definition) is 1. The zero-order valence-electron chi connectivity index (χ0n) is 12.6. The summed E-state index contributed by atoms with van der Waals surface area (Å²) >= 11 is 0. The average Bonchev–Trinajstić information content (AvgIpc) is 2.68. The van der Waals surface area contributed by atoms with Gasteiger partial charge in [-0.2, -0.15) is 5.10 Å². The molecule has 2 aromatic rings. The number of hydrogen-bond acceptors (Lipinski definition) is 4. The molecule has 0 aliphatic rings. The summed E-state index contributed by atoms with van der Waals surface area (Å²) in [6.07, 6.45) is 2.68. The zero-order chi connectivity index (χ0) is 14.7. The number of anilines is 1. The molecule has 2 N–H and O–H groups in total. The molecule has 0 aromatic carbocycles. The lowest BCUT2D eigenvalue weighted by Crippen LogP contribution is -2.01. The predicted octanol–water partition coefficient (Wildman–Crippen LogP) is 3.01. The first-order chi connectivity index (χ1) is 9.56. The molecule has 0 unspecified atom stereocenters. The molecule has 0 aliphatic carbocycles. The quantitative estimate of drug-likeness (QED) is 0.910. The van der Waals surface area contributed by atoms with Crippen molar-refractivity contribution in [1.29, 1.82) is 0 Å². The Morgan fingerprint density at radius 2 is 2.00 bits per heavy atom. The normalized spacial score (nSPS) is 10.8. The van der Waals surface area contributed by atoms with Gasteiger partial charge in [0.25, 0.3) is 0 Å². The molecule has 5 heteroatoms. The van der Waals surface area contributed by atoms with Gasteiger partial charge in [-0.15, -0.1) is 0 Å². The third-order valence-electron chi connectivity index (χ3n) is 3.21. The van der Waals surface area contributed by atoms with Crippen LogP contribution in [0.1, 0.15) is 37.4 Å². The number of aryl methyl sites for hydroxylation is 4. The van der Waals surface area contributed by atoms with E-state index in [1.54, 1.807) is 4.68 Å². The van der Waals surface area contributed by atoms with Gasteiger partial charge in [-0.25, -0.2) is 4.68 Å². The summed E-state index contributed by atoms with van der Waals surface area (Å²) in [4.78, 5) is 4.49. The van der Waals surface area contributed by atoms with Gasteiger partial charge in [0, 0.05) is 12.7 Å². The Hall–Kier alpha value is -2.04. The van der Waals surface area contributed by atoms with E-state index >= 15 is 0 Å². The lowest BCUT2D eigenvalue weighted by atomic mass is 10.2. The molecular weight excluding hydrogens is 252 g/mol. The lowest BCUT2D eigenvalue weighted by Gasteiger charge is -2.10. The van der Waals surface area contributed by atoms with Gasteiger partial charge < -0.3 is 10.5 Å². The minimum Gasteiger partial charge on any atom is -0.435 e. The van der Waals surface area contributed by atoms with Crippen molar-refractivity contribution >= 4 is 5.69 Å². The number of nitrogen functional groups attached to an aromatic ring is 1. The Balaban J connectivity index is 2.35. The number of ether oxygens (including phenoxy) is 1. The van der Waals surface area contributed by atoms with Crippen molar-refractivity contribution < 1.29 is 4.74 Å². The predicted molar refractivity (Wildman–Crippen MR) is 80.0 cm³/mol. The van der Waals surface area contributed by atoms with Gasteiger partial charge >= 0.3 is 0 Å². The van der Waals surface area contributed by atoms with E-state index in [9.17, 15) is 0 Å². The van der Waals surface area contributed by atoms with Crippen molar-refractivity contribution in [2.45, 2.75) is 40.0 Å². The monoisotopic (exact) mass is 274 g/mol. The molecule has 0 aliphatic heterocycles. The fraction of sp³-hybridized carbons (Fsp3) is 0.467. The molecule has 2 aromatic heterocycles. The highest BCUT2D eigenvalue weighted by molar-refractivity contribution is 5.54. The average molecular weight is 274 g/mol. The molecule has 5 nitrogen and oxygen atoms in total. The Kier molecular flexibility index (Phi) is 4.27. The van der Waals surface area contributed by atoms with Gasteiger partial charge in [0.1, 0.15) is 5.69 Å². The second-order valence-electron chi connectivity index (χ2n) is 4.89. The van der Waals surface area contributed by atoms with E-state index in [-0.39, 0.29) is 0 Å². The topological polar surface area (TPSA) is 66.0 Å². The summed E-state index contributed by atoms with van der Waals surface area (Å²) in [5.74, 6) is 1.34. The van der Waals surface area contributed by atoms with Gasteiger partial charge in [-0.1, -0.05) is 20.3 Å². The van der Waals surface area contributed by atoms with Crippen LogP contribution in [0.15, 0.2) is 12.1 Å². The molecule has 2 rings (SSSR count). The van der Waals surface area contributed by atoms with E-state index in [1.807, 2.05) is 26.1 Å². The third kappa shape index (κ3) is 2.76. The van der Waals surface area contributed by atoms with Gasteiger partial charge in [-0.3, -0.25) is 4.98 Å². The van der Waals surface area contributed by atoms with Crippen LogP contribution in [-0.4, -0.2) is 14.8 Å². The van der Waals surface area contributed by atoms with Crippen molar-refractivity contribution in [1.82, 2.24) is 14.8 Å².